The fourth-order valence-corrected chi connectivity index (χ4v) is 2.17. The highest BCUT2D eigenvalue weighted by Crippen LogP contribution is 2.36. The maximum Gasteiger partial charge on any atom is 0.417 e. The molecule has 2 rings (SSSR count). The van der Waals surface area contributed by atoms with E-state index in [1.807, 2.05) is 0 Å². The molecule has 0 spiro atoms. The molecule has 0 radical (unpaired) electrons. The lowest BCUT2D eigenvalue weighted by molar-refractivity contribution is -0.137. The molecule has 0 aliphatic heterocycles. The number of carbonyl (C=O) groups is 1. The standard InChI is InChI=1S/C16H13ClF3NO3/c1-9(10-6-7-13(17)12(8-10)16(18,19)20)24-21-15(23)11-4-2-3-5-14(11)22/h2-9,22H,1H3,(H,21,23)/t9-/m0/s1. The Bertz CT molecular complexity index is 750. The number of nitrogens with one attached hydrogen (secondary N) is 1. The van der Waals surface area contributed by atoms with Crippen LogP contribution in [0.4, 0.5) is 13.2 Å². The quantitative estimate of drug-likeness (QED) is 0.791. The number of alkyl halides is 3. The van der Waals surface area contributed by atoms with Crippen molar-refractivity contribution in [1.82, 2.24) is 5.48 Å². The van der Waals surface area contributed by atoms with E-state index in [-0.39, 0.29) is 16.9 Å². The van der Waals surface area contributed by atoms with Gasteiger partial charge in [0.15, 0.2) is 0 Å². The van der Waals surface area contributed by atoms with E-state index in [0.29, 0.717) is 0 Å². The van der Waals surface area contributed by atoms with Crippen molar-refractivity contribution in [3.8, 4) is 5.75 Å². The number of aromatic hydroxyl groups is 1. The summed E-state index contributed by atoms with van der Waals surface area (Å²) in [5, 5.41) is 9.14. The summed E-state index contributed by atoms with van der Waals surface area (Å²) in [7, 11) is 0. The Balaban J connectivity index is 2.09. The topological polar surface area (TPSA) is 58.6 Å². The number of benzene rings is 2. The number of phenolic OH excluding ortho intramolecular Hbond substituents is 1. The fourth-order valence-electron chi connectivity index (χ4n) is 1.94. The summed E-state index contributed by atoms with van der Waals surface area (Å²) in [5.41, 5.74) is 1.28. The molecule has 8 heteroatoms. The van der Waals surface area contributed by atoms with Gasteiger partial charge in [-0.15, -0.1) is 0 Å². The summed E-state index contributed by atoms with van der Waals surface area (Å²) >= 11 is 5.55. The number of para-hydroxylation sites is 1. The van der Waals surface area contributed by atoms with Crippen LogP contribution in [0.3, 0.4) is 0 Å². The van der Waals surface area contributed by atoms with Gasteiger partial charge in [0.1, 0.15) is 11.9 Å². The van der Waals surface area contributed by atoms with Crippen LogP contribution in [0.1, 0.15) is 34.5 Å². The number of hydrogen-bond acceptors (Lipinski definition) is 3. The summed E-state index contributed by atoms with van der Waals surface area (Å²) in [6.45, 7) is 1.47. The molecule has 128 valence electrons. The Kier molecular flexibility index (Phi) is 5.36. The third-order valence-electron chi connectivity index (χ3n) is 3.24. The first-order valence-electron chi connectivity index (χ1n) is 6.80. The highest BCUT2D eigenvalue weighted by molar-refractivity contribution is 6.31. The van der Waals surface area contributed by atoms with E-state index in [1.165, 1.54) is 25.1 Å². The average Bonchev–Trinajstić information content (AvgIpc) is 2.52. The third kappa shape index (κ3) is 4.18. The van der Waals surface area contributed by atoms with Crippen LogP contribution in [-0.4, -0.2) is 11.0 Å². The maximum atomic E-state index is 12.8. The van der Waals surface area contributed by atoms with Crippen molar-refractivity contribution in [3.63, 3.8) is 0 Å². The molecular formula is C16H13ClF3NO3. The van der Waals surface area contributed by atoms with E-state index in [2.05, 4.69) is 5.48 Å². The molecule has 24 heavy (non-hydrogen) atoms. The molecule has 0 aliphatic carbocycles. The lowest BCUT2D eigenvalue weighted by Gasteiger charge is -2.16. The highest BCUT2D eigenvalue weighted by atomic mass is 35.5. The van der Waals surface area contributed by atoms with Crippen LogP contribution in [-0.2, 0) is 11.0 Å². The summed E-state index contributed by atoms with van der Waals surface area (Å²) in [6.07, 6.45) is -5.45. The Hall–Kier alpha value is -2.25. The molecular weight excluding hydrogens is 347 g/mol. The predicted octanol–water partition coefficient (Wildman–Crippen LogP) is 4.49. The minimum atomic E-state index is -4.59. The van der Waals surface area contributed by atoms with Gasteiger partial charge in [0.05, 0.1) is 16.1 Å². The number of hydroxylamine groups is 1. The lowest BCUT2D eigenvalue weighted by atomic mass is 10.1. The Morgan fingerprint density at radius 2 is 1.92 bits per heavy atom. The fraction of sp³-hybridized carbons (Fsp3) is 0.188. The van der Waals surface area contributed by atoms with Gasteiger partial charge in [0.2, 0.25) is 0 Å². The van der Waals surface area contributed by atoms with Gasteiger partial charge in [-0.2, -0.15) is 13.2 Å². The monoisotopic (exact) mass is 359 g/mol. The van der Waals surface area contributed by atoms with Gasteiger partial charge in [-0.1, -0.05) is 29.8 Å². The van der Waals surface area contributed by atoms with Crippen LogP contribution in [0.25, 0.3) is 0 Å². The molecule has 0 fully saturated rings. The number of amides is 1. The second-order valence-corrected chi connectivity index (χ2v) is 5.35. The third-order valence-corrected chi connectivity index (χ3v) is 3.57. The largest absolute Gasteiger partial charge is 0.507 e. The minimum Gasteiger partial charge on any atom is -0.507 e. The van der Waals surface area contributed by atoms with E-state index in [9.17, 15) is 23.1 Å². The number of hydrogen-bond donors (Lipinski definition) is 2. The first kappa shape index (κ1) is 18.1. The van der Waals surface area contributed by atoms with Crippen molar-refractivity contribution in [3.05, 3.63) is 64.2 Å². The number of halogens is 4. The second kappa shape index (κ2) is 7.11. The van der Waals surface area contributed by atoms with Crippen molar-refractivity contribution < 1.29 is 27.9 Å². The zero-order valence-corrected chi connectivity index (χ0v) is 13.2. The average molecular weight is 360 g/mol. The molecule has 0 aliphatic rings. The van der Waals surface area contributed by atoms with Crippen LogP contribution in [0.2, 0.25) is 5.02 Å². The molecule has 0 aromatic heterocycles. The molecule has 0 unspecified atom stereocenters. The first-order chi connectivity index (χ1) is 11.2. The molecule has 2 N–H and O–H groups in total. The normalized spacial score (nSPS) is 12.7. The van der Waals surface area contributed by atoms with Gasteiger partial charge in [-0.25, -0.2) is 5.48 Å². The molecule has 0 heterocycles. The van der Waals surface area contributed by atoms with Crippen molar-refractivity contribution in [2.75, 3.05) is 0 Å². The van der Waals surface area contributed by atoms with Crippen LogP contribution >= 0.6 is 11.6 Å². The maximum absolute atomic E-state index is 12.8. The predicted molar refractivity (Wildman–Crippen MR) is 81.5 cm³/mol. The van der Waals surface area contributed by atoms with E-state index in [4.69, 9.17) is 16.4 Å². The van der Waals surface area contributed by atoms with Crippen molar-refractivity contribution in [2.24, 2.45) is 0 Å². The summed E-state index contributed by atoms with van der Waals surface area (Å²) in [5.74, 6) is -0.956. The van der Waals surface area contributed by atoms with Gasteiger partial charge in [-0.3, -0.25) is 9.63 Å². The smallest absolute Gasteiger partial charge is 0.417 e. The molecule has 2 aromatic carbocycles. The number of phenols is 1. The summed E-state index contributed by atoms with van der Waals surface area (Å²) in [4.78, 5) is 17.0. The zero-order chi connectivity index (χ0) is 17.9. The van der Waals surface area contributed by atoms with Crippen molar-refractivity contribution in [2.45, 2.75) is 19.2 Å². The number of carbonyl (C=O) groups excluding carboxylic acids is 1. The molecule has 0 saturated heterocycles. The van der Waals surface area contributed by atoms with E-state index < -0.39 is 28.8 Å². The van der Waals surface area contributed by atoms with Crippen molar-refractivity contribution >= 4 is 17.5 Å². The molecule has 1 amide bonds. The lowest BCUT2D eigenvalue weighted by Crippen LogP contribution is -2.25. The summed E-state index contributed by atoms with van der Waals surface area (Å²) < 4.78 is 38.5. The molecule has 0 saturated carbocycles. The van der Waals surface area contributed by atoms with Gasteiger partial charge in [0.25, 0.3) is 5.91 Å². The van der Waals surface area contributed by atoms with E-state index in [0.717, 1.165) is 12.1 Å². The van der Waals surface area contributed by atoms with Crippen LogP contribution < -0.4 is 5.48 Å². The van der Waals surface area contributed by atoms with Crippen molar-refractivity contribution in [1.29, 1.82) is 0 Å². The SMILES string of the molecule is C[C@H](ONC(=O)c1ccccc1O)c1ccc(Cl)c(C(F)(F)F)c1. The Morgan fingerprint density at radius 1 is 1.25 bits per heavy atom. The van der Waals surface area contributed by atoms with Crippen LogP contribution in [0.5, 0.6) is 5.75 Å². The molecule has 2 aromatic rings. The zero-order valence-electron chi connectivity index (χ0n) is 12.4. The Labute approximate surface area is 140 Å². The van der Waals surface area contributed by atoms with Crippen LogP contribution in [0, 0.1) is 0 Å². The molecule has 4 nitrogen and oxygen atoms in total. The Morgan fingerprint density at radius 3 is 2.54 bits per heavy atom. The minimum absolute atomic E-state index is 0.0169. The second-order valence-electron chi connectivity index (χ2n) is 4.95. The van der Waals surface area contributed by atoms with Gasteiger partial charge in [-0.05, 0) is 36.8 Å². The molecule has 0 bridgehead atoms. The van der Waals surface area contributed by atoms with Gasteiger partial charge >= 0.3 is 6.18 Å². The van der Waals surface area contributed by atoms with Gasteiger partial charge in [0, 0.05) is 0 Å². The number of rotatable bonds is 4. The van der Waals surface area contributed by atoms with E-state index in [1.54, 1.807) is 12.1 Å². The highest BCUT2D eigenvalue weighted by Gasteiger charge is 2.33. The van der Waals surface area contributed by atoms with E-state index >= 15 is 0 Å². The first-order valence-corrected chi connectivity index (χ1v) is 7.18. The summed E-state index contributed by atoms with van der Waals surface area (Å²) in [6, 6.07) is 9.14. The van der Waals surface area contributed by atoms with Gasteiger partial charge < -0.3 is 5.11 Å². The van der Waals surface area contributed by atoms with Crippen LogP contribution in [0.15, 0.2) is 42.5 Å². The molecule has 1 atom stereocenters.